The number of halogens is 1. The first kappa shape index (κ1) is 15.2. The van der Waals surface area contributed by atoms with Crippen LogP contribution in [0.15, 0.2) is 29.2 Å². The third kappa shape index (κ3) is 2.94. The summed E-state index contributed by atoms with van der Waals surface area (Å²) in [6.45, 7) is 1.84. The van der Waals surface area contributed by atoms with E-state index in [1.807, 2.05) is 0 Å². The van der Waals surface area contributed by atoms with E-state index < -0.39 is 0 Å². The minimum absolute atomic E-state index is 0. The summed E-state index contributed by atoms with van der Waals surface area (Å²) in [5.74, 6) is 0.348. The minimum atomic E-state index is 0. The predicted molar refractivity (Wildman–Crippen MR) is 88.2 cm³/mol. The molecule has 0 aliphatic carbocycles. The molecule has 5 heteroatoms. The molecule has 3 aliphatic heterocycles. The molecule has 1 aromatic rings. The second-order valence-corrected chi connectivity index (χ2v) is 7.37. The number of amides is 1. The lowest BCUT2D eigenvalue weighted by molar-refractivity contribution is -0.130. The van der Waals surface area contributed by atoms with Gasteiger partial charge in [-0.25, -0.2) is 0 Å². The summed E-state index contributed by atoms with van der Waals surface area (Å²) in [7, 11) is 0. The van der Waals surface area contributed by atoms with Gasteiger partial charge in [-0.2, -0.15) is 0 Å². The molecule has 114 valence electrons. The molecule has 0 spiro atoms. The van der Waals surface area contributed by atoms with Crippen LogP contribution in [0.5, 0.6) is 0 Å². The van der Waals surface area contributed by atoms with Gasteiger partial charge in [-0.05, 0) is 37.3 Å². The van der Waals surface area contributed by atoms with Gasteiger partial charge >= 0.3 is 0 Å². The van der Waals surface area contributed by atoms with Crippen molar-refractivity contribution < 1.29 is 4.79 Å². The van der Waals surface area contributed by atoms with Gasteiger partial charge in [0, 0.05) is 30.1 Å². The van der Waals surface area contributed by atoms with Crippen molar-refractivity contribution in [3.63, 3.8) is 0 Å². The lowest BCUT2D eigenvalue weighted by Gasteiger charge is -2.26. The molecule has 3 atom stereocenters. The maximum atomic E-state index is 12.8. The molecule has 3 heterocycles. The van der Waals surface area contributed by atoms with Crippen molar-refractivity contribution in [1.82, 2.24) is 10.2 Å². The van der Waals surface area contributed by atoms with Crippen LogP contribution in [0.2, 0.25) is 0 Å². The van der Waals surface area contributed by atoms with Gasteiger partial charge in [0.2, 0.25) is 5.91 Å². The largest absolute Gasteiger partial charge is 0.340 e. The van der Waals surface area contributed by atoms with Gasteiger partial charge in [-0.1, -0.05) is 18.2 Å². The molecule has 0 aromatic heterocycles. The number of benzene rings is 1. The average Bonchev–Trinajstić information content (AvgIpc) is 3.01. The first-order valence-electron chi connectivity index (χ1n) is 7.59. The number of likely N-dealkylation sites (tertiary alicyclic amines) is 1. The van der Waals surface area contributed by atoms with Crippen LogP contribution in [0, 0.1) is 0 Å². The summed E-state index contributed by atoms with van der Waals surface area (Å²) in [6.07, 6.45) is 4.53. The Bertz CT molecular complexity index is 514. The molecule has 2 bridgehead atoms. The molecule has 1 N–H and O–H groups in total. The van der Waals surface area contributed by atoms with E-state index in [1.165, 1.54) is 23.3 Å². The van der Waals surface area contributed by atoms with Crippen LogP contribution in [-0.2, 0) is 11.2 Å². The van der Waals surface area contributed by atoms with E-state index in [4.69, 9.17) is 0 Å². The second-order valence-electron chi connectivity index (χ2n) is 6.13. The molecule has 3 nitrogen and oxygen atoms in total. The van der Waals surface area contributed by atoms with E-state index in [0.717, 1.165) is 25.9 Å². The SMILES string of the molecule is Cl.O=C(C1Cc2ccccc2S1)N1CCC2CCC(C1)N2. The highest BCUT2D eigenvalue weighted by Gasteiger charge is 2.36. The minimum Gasteiger partial charge on any atom is -0.340 e. The lowest BCUT2D eigenvalue weighted by Crippen LogP contribution is -2.43. The highest BCUT2D eigenvalue weighted by atomic mass is 35.5. The number of fused-ring (bicyclic) bond motifs is 3. The van der Waals surface area contributed by atoms with Gasteiger partial charge < -0.3 is 10.2 Å². The number of nitrogens with one attached hydrogen (secondary N) is 1. The van der Waals surface area contributed by atoms with Gasteiger partial charge in [-0.15, -0.1) is 24.2 Å². The topological polar surface area (TPSA) is 32.3 Å². The first-order chi connectivity index (χ1) is 9.79. The average molecular weight is 325 g/mol. The van der Waals surface area contributed by atoms with Crippen molar-refractivity contribution in [1.29, 1.82) is 0 Å². The van der Waals surface area contributed by atoms with Crippen molar-refractivity contribution in [2.75, 3.05) is 13.1 Å². The predicted octanol–water partition coefficient (Wildman–Crippen LogP) is 2.48. The lowest BCUT2D eigenvalue weighted by atomic mass is 10.1. The summed E-state index contributed by atoms with van der Waals surface area (Å²) in [5, 5.41) is 3.75. The summed E-state index contributed by atoms with van der Waals surface area (Å²) < 4.78 is 0. The van der Waals surface area contributed by atoms with Crippen molar-refractivity contribution in [2.45, 2.75) is 47.9 Å². The molecule has 4 rings (SSSR count). The normalized spacial score (nSPS) is 30.5. The Morgan fingerprint density at radius 1 is 1.19 bits per heavy atom. The van der Waals surface area contributed by atoms with Crippen molar-refractivity contribution in [2.24, 2.45) is 0 Å². The van der Waals surface area contributed by atoms with Gasteiger partial charge in [0.1, 0.15) is 0 Å². The van der Waals surface area contributed by atoms with Crippen LogP contribution < -0.4 is 5.32 Å². The number of rotatable bonds is 1. The van der Waals surface area contributed by atoms with E-state index in [1.54, 1.807) is 11.8 Å². The standard InChI is InChI=1S/C16H20N2OS.ClH/c19-16(15-9-11-3-1-2-4-14(11)20-15)18-8-7-12-5-6-13(10-18)17-12;/h1-4,12-13,15,17H,5-10H2;1H. The van der Waals surface area contributed by atoms with Crippen LogP contribution in [0.1, 0.15) is 24.8 Å². The summed E-state index contributed by atoms with van der Waals surface area (Å²) in [5.41, 5.74) is 1.34. The Morgan fingerprint density at radius 2 is 2.00 bits per heavy atom. The summed E-state index contributed by atoms with van der Waals surface area (Å²) in [4.78, 5) is 16.2. The molecule has 1 aromatic carbocycles. The van der Waals surface area contributed by atoms with Crippen LogP contribution in [0.3, 0.4) is 0 Å². The third-order valence-electron chi connectivity index (χ3n) is 4.76. The van der Waals surface area contributed by atoms with E-state index in [9.17, 15) is 4.79 Å². The fraction of sp³-hybridized carbons (Fsp3) is 0.562. The Labute approximate surface area is 136 Å². The molecular weight excluding hydrogens is 304 g/mol. The molecule has 2 saturated heterocycles. The molecule has 21 heavy (non-hydrogen) atoms. The quantitative estimate of drug-likeness (QED) is 0.861. The molecule has 1 amide bonds. The van der Waals surface area contributed by atoms with Gasteiger partial charge in [0.05, 0.1) is 5.25 Å². The Morgan fingerprint density at radius 3 is 2.86 bits per heavy atom. The maximum Gasteiger partial charge on any atom is 0.236 e. The monoisotopic (exact) mass is 324 g/mol. The molecule has 3 unspecified atom stereocenters. The Hall–Kier alpha value is -0.710. The number of nitrogens with zero attached hydrogens (tertiary/aromatic N) is 1. The fourth-order valence-corrected chi connectivity index (χ4v) is 4.95. The number of carbonyl (C=O) groups is 1. The van der Waals surface area contributed by atoms with E-state index in [-0.39, 0.29) is 17.7 Å². The number of carbonyl (C=O) groups excluding carboxylic acids is 1. The van der Waals surface area contributed by atoms with Crippen LogP contribution in [0.4, 0.5) is 0 Å². The smallest absolute Gasteiger partial charge is 0.236 e. The summed E-state index contributed by atoms with van der Waals surface area (Å²) >= 11 is 1.75. The van der Waals surface area contributed by atoms with Crippen molar-refractivity contribution >= 4 is 30.1 Å². The van der Waals surface area contributed by atoms with Gasteiger partial charge in [0.25, 0.3) is 0 Å². The van der Waals surface area contributed by atoms with Gasteiger partial charge in [-0.3, -0.25) is 4.79 Å². The van der Waals surface area contributed by atoms with Crippen LogP contribution in [0.25, 0.3) is 0 Å². The molecule has 2 fully saturated rings. The zero-order valence-corrected chi connectivity index (χ0v) is 13.6. The third-order valence-corrected chi connectivity index (χ3v) is 6.06. The second kappa shape index (κ2) is 6.19. The number of hydrogen-bond donors (Lipinski definition) is 1. The van der Waals surface area contributed by atoms with Gasteiger partial charge in [0.15, 0.2) is 0 Å². The molecule has 0 radical (unpaired) electrons. The van der Waals surface area contributed by atoms with E-state index in [2.05, 4.69) is 34.5 Å². The van der Waals surface area contributed by atoms with E-state index >= 15 is 0 Å². The zero-order chi connectivity index (χ0) is 13.5. The van der Waals surface area contributed by atoms with Crippen LogP contribution in [-0.4, -0.2) is 41.2 Å². The fourth-order valence-electron chi connectivity index (χ4n) is 3.67. The van der Waals surface area contributed by atoms with Crippen molar-refractivity contribution in [3.05, 3.63) is 29.8 Å². The Kier molecular flexibility index (Phi) is 4.48. The highest BCUT2D eigenvalue weighted by molar-refractivity contribution is 8.01. The molecule has 3 aliphatic rings. The van der Waals surface area contributed by atoms with E-state index in [0.29, 0.717) is 18.0 Å². The van der Waals surface area contributed by atoms with Crippen LogP contribution >= 0.6 is 24.2 Å². The summed E-state index contributed by atoms with van der Waals surface area (Å²) in [6, 6.07) is 9.60. The number of thioether (sulfide) groups is 1. The first-order valence-corrected chi connectivity index (χ1v) is 8.47. The molecule has 0 saturated carbocycles. The molecular formula is C16H21ClN2OS. The van der Waals surface area contributed by atoms with Crippen molar-refractivity contribution in [3.8, 4) is 0 Å². The zero-order valence-electron chi connectivity index (χ0n) is 12.0. The number of hydrogen-bond acceptors (Lipinski definition) is 3. The Balaban J connectivity index is 0.00000132. The highest BCUT2D eigenvalue weighted by Crippen LogP contribution is 2.38. The maximum absolute atomic E-state index is 12.8.